The normalized spacial score (nSPS) is 13.3. The number of rotatable bonds is 5. The van der Waals surface area contributed by atoms with Crippen molar-refractivity contribution in [3.8, 4) is 0 Å². The van der Waals surface area contributed by atoms with E-state index < -0.39 is 46.0 Å². The van der Waals surface area contributed by atoms with E-state index >= 15 is 0 Å². The molecule has 0 aliphatic carbocycles. The van der Waals surface area contributed by atoms with Gasteiger partial charge in [0.15, 0.2) is 6.04 Å². The molecule has 3 N–H and O–H groups in total. The lowest BCUT2D eigenvalue weighted by Crippen LogP contribution is -2.47. The number of hydrogen-bond donors (Lipinski definition) is 3. The lowest BCUT2D eigenvalue weighted by atomic mass is 10.1. The molecule has 114 valence electrons. The van der Waals surface area contributed by atoms with Crippen LogP contribution in [-0.2, 0) is 4.79 Å². The van der Waals surface area contributed by atoms with E-state index in [-0.39, 0.29) is 5.56 Å². The molecule has 0 aliphatic rings. The van der Waals surface area contributed by atoms with Gasteiger partial charge in [0.1, 0.15) is 5.82 Å². The Morgan fingerprint density at radius 3 is 2.43 bits per heavy atom. The third kappa shape index (κ3) is 3.72. The maximum absolute atomic E-state index is 13.9. The van der Waals surface area contributed by atoms with Crippen LogP contribution >= 0.6 is 0 Å². The second-order valence-electron chi connectivity index (χ2n) is 4.41. The van der Waals surface area contributed by atoms with Crippen molar-refractivity contribution in [2.45, 2.75) is 26.0 Å². The highest BCUT2D eigenvalue weighted by atomic mass is 19.1. The highest BCUT2D eigenvalue weighted by Crippen LogP contribution is 2.21. The lowest BCUT2D eigenvalue weighted by molar-refractivity contribution is -0.385. The van der Waals surface area contributed by atoms with Gasteiger partial charge in [-0.25, -0.2) is 9.18 Å². The van der Waals surface area contributed by atoms with E-state index in [1.165, 1.54) is 6.92 Å². The Hall–Kier alpha value is -2.55. The van der Waals surface area contributed by atoms with Crippen LogP contribution in [0.25, 0.3) is 0 Å². The Morgan fingerprint density at radius 1 is 1.43 bits per heavy atom. The number of aryl methyl sites for hydroxylation is 1. The maximum Gasteiger partial charge on any atom is 0.328 e. The van der Waals surface area contributed by atoms with Gasteiger partial charge in [0.05, 0.1) is 16.6 Å². The number of carboxylic acids is 1. The molecule has 0 radical (unpaired) electrons. The first-order valence-corrected chi connectivity index (χ1v) is 5.81. The summed E-state index contributed by atoms with van der Waals surface area (Å²) < 4.78 is 13.9. The quantitative estimate of drug-likeness (QED) is 0.539. The number of carbonyl (C=O) groups is 2. The van der Waals surface area contributed by atoms with Gasteiger partial charge >= 0.3 is 5.97 Å². The summed E-state index contributed by atoms with van der Waals surface area (Å²) in [6.45, 7) is 2.37. The topological polar surface area (TPSA) is 130 Å². The van der Waals surface area contributed by atoms with Gasteiger partial charge in [-0.05, 0) is 19.4 Å². The number of benzene rings is 1. The van der Waals surface area contributed by atoms with Gasteiger partial charge in [0, 0.05) is 12.1 Å². The summed E-state index contributed by atoms with van der Waals surface area (Å²) in [5.74, 6) is -3.67. The number of non-ortho nitro benzene ring substituents is 1. The molecule has 0 bridgehead atoms. The largest absolute Gasteiger partial charge is 0.480 e. The van der Waals surface area contributed by atoms with Crippen LogP contribution in [0.2, 0.25) is 0 Å². The summed E-state index contributed by atoms with van der Waals surface area (Å²) in [6, 6.07) is 0.00474. The molecule has 2 atom stereocenters. The first-order valence-electron chi connectivity index (χ1n) is 5.81. The Kier molecular flexibility index (Phi) is 4.93. The molecular formula is C12H13FN2O6. The van der Waals surface area contributed by atoms with E-state index in [4.69, 9.17) is 5.11 Å². The molecular weight excluding hydrogens is 287 g/mol. The van der Waals surface area contributed by atoms with Gasteiger partial charge in [0.25, 0.3) is 11.6 Å². The van der Waals surface area contributed by atoms with Crippen molar-refractivity contribution in [3.05, 3.63) is 39.2 Å². The summed E-state index contributed by atoms with van der Waals surface area (Å²) >= 11 is 0. The first kappa shape index (κ1) is 16.5. The number of halogens is 1. The van der Waals surface area contributed by atoms with Crippen LogP contribution < -0.4 is 5.32 Å². The smallest absolute Gasteiger partial charge is 0.328 e. The van der Waals surface area contributed by atoms with Crippen LogP contribution in [-0.4, -0.2) is 39.2 Å². The predicted octanol–water partition coefficient (Wildman–Crippen LogP) is 0.606. The van der Waals surface area contributed by atoms with Crippen LogP contribution in [0.1, 0.15) is 22.8 Å². The highest BCUT2D eigenvalue weighted by Gasteiger charge is 2.28. The molecule has 0 aromatic heterocycles. The molecule has 0 heterocycles. The van der Waals surface area contributed by atoms with E-state index in [1.807, 2.05) is 5.32 Å². The van der Waals surface area contributed by atoms with Gasteiger partial charge in [-0.1, -0.05) is 0 Å². The standard InChI is InChI=1S/C12H13FN2O6/c1-5-3-7(15(20)21)4-8(9(5)13)11(17)14-10(6(2)16)12(18)19/h3-4,6,10,16H,1-2H3,(H,14,17)(H,18,19). The third-order valence-corrected chi connectivity index (χ3v) is 2.73. The van der Waals surface area contributed by atoms with Crippen molar-refractivity contribution in [1.82, 2.24) is 5.32 Å². The second kappa shape index (κ2) is 6.27. The van der Waals surface area contributed by atoms with Crippen molar-refractivity contribution in [1.29, 1.82) is 0 Å². The van der Waals surface area contributed by atoms with Crippen LogP contribution in [0.3, 0.4) is 0 Å². The Bertz CT molecular complexity index is 602. The Balaban J connectivity index is 3.18. The zero-order chi connectivity index (χ0) is 16.3. The van der Waals surface area contributed by atoms with Gasteiger partial charge in [0.2, 0.25) is 0 Å². The molecule has 1 aromatic carbocycles. The van der Waals surface area contributed by atoms with Crippen molar-refractivity contribution in [2.75, 3.05) is 0 Å². The number of aliphatic hydroxyl groups is 1. The highest BCUT2D eigenvalue weighted by molar-refractivity contribution is 5.97. The Labute approximate surface area is 118 Å². The number of aliphatic carboxylic acids is 1. The molecule has 21 heavy (non-hydrogen) atoms. The van der Waals surface area contributed by atoms with Crippen LogP contribution in [0, 0.1) is 22.9 Å². The minimum absolute atomic E-state index is 0.127. The van der Waals surface area contributed by atoms with Crippen LogP contribution in [0.4, 0.5) is 10.1 Å². The molecule has 2 unspecified atom stereocenters. The summed E-state index contributed by atoms with van der Waals surface area (Å²) in [5.41, 5.74) is -1.28. The number of nitro groups is 1. The van der Waals surface area contributed by atoms with Crippen molar-refractivity contribution < 1.29 is 29.1 Å². The SMILES string of the molecule is Cc1cc([N+](=O)[O-])cc(C(=O)NC(C(=O)O)C(C)O)c1F. The van der Waals surface area contributed by atoms with Gasteiger partial charge in [-0.3, -0.25) is 14.9 Å². The number of nitrogens with zero attached hydrogens (tertiary/aromatic N) is 1. The second-order valence-corrected chi connectivity index (χ2v) is 4.41. The van der Waals surface area contributed by atoms with Gasteiger partial charge < -0.3 is 15.5 Å². The zero-order valence-electron chi connectivity index (χ0n) is 11.2. The number of amides is 1. The molecule has 1 aromatic rings. The zero-order valence-corrected chi connectivity index (χ0v) is 11.2. The predicted molar refractivity (Wildman–Crippen MR) is 68.4 cm³/mol. The van der Waals surface area contributed by atoms with Crippen molar-refractivity contribution in [2.24, 2.45) is 0 Å². The average molecular weight is 300 g/mol. The number of nitro benzene ring substituents is 1. The molecule has 0 aliphatic heterocycles. The van der Waals surface area contributed by atoms with Crippen molar-refractivity contribution >= 4 is 17.6 Å². The fourth-order valence-corrected chi connectivity index (χ4v) is 1.63. The molecule has 0 saturated carbocycles. The average Bonchev–Trinajstić information content (AvgIpc) is 2.37. The van der Waals surface area contributed by atoms with E-state index in [0.717, 1.165) is 13.0 Å². The molecule has 8 nitrogen and oxygen atoms in total. The molecule has 0 saturated heterocycles. The number of nitrogens with one attached hydrogen (secondary N) is 1. The molecule has 0 fully saturated rings. The minimum atomic E-state index is -1.66. The van der Waals surface area contributed by atoms with Crippen LogP contribution in [0.15, 0.2) is 12.1 Å². The van der Waals surface area contributed by atoms with Crippen molar-refractivity contribution in [3.63, 3.8) is 0 Å². The number of aliphatic hydroxyl groups excluding tert-OH is 1. The van der Waals surface area contributed by atoms with Crippen LogP contribution in [0.5, 0.6) is 0 Å². The number of carboxylic acid groups (broad SMARTS) is 1. The Morgan fingerprint density at radius 2 is 2.00 bits per heavy atom. The fraction of sp³-hybridized carbons (Fsp3) is 0.333. The summed E-state index contributed by atoms with van der Waals surface area (Å²) in [6.07, 6.45) is -1.42. The summed E-state index contributed by atoms with van der Waals surface area (Å²) in [7, 11) is 0. The number of hydrogen-bond acceptors (Lipinski definition) is 5. The van der Waals surface area contributed by atoms with Gasteiger partial charge in [-0.15, -0.1) is 0 Å². The van der Waals surface area contributed by atoms with E-state index in [2.05, 4.69) is 0 Å². The number of carbonyl (C=O) groups excluding carboxylic acids is 1. The van der Waals surface area contributed by atoms with E-state index in [0.29, 0.717) is 6.07 Å². The third-order valence-electron chi connectivity index (χ3n) is 2.73. The monoisotopic (exact) mass is 300 g/mol. The first-order chi connectivity index (χ1) is 9.65. The van der Waals surface area contributed by atoms with Gasteiger partial charge in [-0.2, -0.15) is 0 Å². The summed E-state index contributed by atoms with van der Waals surface area (Å²) in [4.78, 5) is 32.6. The molecule has 1 amide bonds. The van der Waals surface area contributed by atoms with E-state index in [9.17, 15) is 29.2 Å². The molecule has 9 heteroatoms. The fourth-order valence-electron chi connectivity index (χ4n) is 1.63. The minimum Gasteiger partial charge on any atom is -0.480 e. The lowest BCUT2D eigenvalue weighted by Gasteiger charge is -2.17. The van der Waals surface area contributed by atoms with E-state index in [1.54, 1.807) is 0 Å². The molecule has 0 spiro atoms. The molecule has 1 rings (SSSR count). The summed E-state index contributed by atoms with van der Waals surface area (Å²) in [5, 5.41) is 30.7. The maximum atomic E-state index is 13.9.